The molecule has 202 valence electrons. The number of ether oxygens (including phenoxy) is 1. The third kappa shape index (κ3) is 3.17. The van der Waals surface area contributed by atoms with Crippen molar-refractivity contribution in [1.29, 1.82) is 5.26 Å². The van der Waals surface area contributed by atoms with Gasteiger partial charge in [0.25, 0.3) is 0 Å². The molecule has 4 fully saturated rings. The number of fused-ring (bicyclic) bond motifs is 7. The zero-order chi connectivity index (χ0) is 27.4. The fourth-order valence-corrected chi connectivity index (χ4v) is 10.6. The molecule has 0 aromatic rings. The van der Waals surface area contributed by atoms with Crippen molar-refractivity contribution < 1.29 is 19.1 Å². The second-order valence-electron chi connectivity index (χ2n) is 15.2. The number of Topliss-reactive ketones (excluding diaryl/α,β-unsaturated/α-hetero) is 1. The molecule has 4 saturated carbocycles. The molecular formula is C32H45NO4. The van der Waals surface area contributed by atoms with Gasteiger partial charge in [-0.25, -0.2) is 0 Å². The number of ketones is 2. The number of esters is 1. The van der Waals surface area contributed by atoms with Crippen LogP contribution in [0.5, 0.6) is 0 Å². The topological polar surface area (TPSA) is 84.2 Å². The Labute approximate surface area is 222 Å². The first kappa shape index (κ1) is 26.6. The lowest BCUT2D eigenvalue weighted by Crippen LogP contribution is -2.65. The highest BCUT2D eigenvalue weighted by Crippen LogP contribution is 2.75. The van der Waals surface area contributed by atoms with E-state index in [0.717, 1.165) is 38.5 Å². The van der Waals surface area contributed by atoms with Gasteiger partial charge >= 0.3 is 5.97 Å². The van der Waals surface area contributed by atoms with Crippen LogP contribution in [0.2, 0.25) is 0 Å². The number of nitriles is 1. The van der Waals surface area contributed by atoms with Crippen LogP contribution in [0.3, 0.4) is 0 Å². The summed E-state index contributed by atoms with van der Waals surface area (Å²) >= 11 is 0. The summed E-state index contributed by atoms with van der Waals surface area (Å²) in [7, 11) is 1.47. The van der Waals surface area contributed by atoms with Crippen molar-refractivity contribution in [1.82, 2.24) is 0 Å². The lowest BCUT2D eigenvalue weighted by molar-refractivity contribution is -0.182. The highest BCUT2D eigenvalue weighted by atomic mass is 16.5. The molecule has 5 aliphatic carbocycles. The molecule has 5 heteroatoms. The van der Waals surface area contributed by atoms with E-state index in [1.165, 1.54) is 12.7 Å². The molecule has 0 heterocycles. The van der Waals surface area contributed by atoms with Crippen molar-refractivity contribution in [3.63, 3.8) is 0 Å². The van der Waals surface area contributed by atoms with E-state index in [9.17, 15) is 19.6 Å². The van der Waals surface area contributed by atoms with E-state index >= 15 is 0 Å². The van der Waals surface area contributed by atoms with Gasteiger partial charge in [-0.15, -0.1) is 0 Å². The van der Waals surface area contributed by atoms with Crippen LogP contribution in [0, 0.1) is 67.5 Å². The lowest BCUT2D eigenvalue weighted by atomic mass is 9.33. The molecule has 0 aromatic carbocycles. The second-order valence-corrected chi connectivity index (χ2v) is 15.2. The van der Waals surface area contributed by atoms with Gasteiger partial charge in [-0.1, -0.05) is 47.1 Å². The second kappa shape index (κ2) is 7.80. The normalized spacial score (nSPS) is 50.4. The van der Waals surface area contributed by atoms with Crippen molar-refractivity contribution >= 4 is 17.5 Å². The molecule has 9 atom stereocenters. The van der Waals surface area contributed by atoms with Gasteiger partial charge in [0.15, 0.2) is 11.6 Å². The van der Waals surface area contributed by atoms with E-state index in [4.69, 9.17) is 4.74 Å². The van der Waals surface area contributed by atoms with Gasteiger partial charge in [0.1, 0.15) is 5.92 Å². The number of carbonyl (C=O) groups excluding carboxylic acids is 3. The predicted octanol–water partition coefficient (Wildman–Crippen LogP) is 6.46. The molecule has 0 spiro atoms. The van der Waals surface area contributed by atoms with Gasteiger partial charge < -0.3 is 4.74 Å². The van der Waals surface area contributed by atoms with E-state index in [-0.39, 0.29) is 56.9 Å². The fraction of sp³-hybridized carbons (Fsp3) is 0.812. The average molecular weight is 508 g/mol. The van der Waals surface area contributed by atoms with Crippen LogP contribution < -0.4 is 0 Å². The van der Waals surface area contributed by atoms with Crippen LogP contribution in [0.4, 0.5) is 0 Å². The number of rotatable bonds is 1. The molecule has 5 nitrogen and oxygen atoms in total. The number of nitrogens with zero attached hydrogens (tertiary/aromatic N) is 1. The quantitative estimate of drug-likeness (QED) is 0.380. The van der Waals surface area contributed by atoms with Crippen molar-refractivity contribution in [2.75, 3.05) is 7.11 Å². The average Bonchev–Trinajstić information content (AvgIpc) is 2.83. The van der Waals surface area contributed by atoms with Gasteiger partial charge in [0.05, 0.1) is 18.6 Å². The fourth-order valence-electron chi connectivity index (χ4n) is 10.6. The molecule has 2 unspecified atom stereocenters. The molecular weight excluding hydrogens is 462 g/mol. The van der Waals surface area contributed by atoms with Crippen LogP contribution >= 0.6 is 0 Å². The lowest BCUT2D eigenvalue weighted by Gasteiger charge is -2.69. The van der Waals surface area contributed by atoms with E-state index in [2.05, 4.69) is 33.8 Å². The zero-order valence-electron chi connectivity index (χ0n) is 24.1. The first-order valence-electron chi connectivity index (χ1n) is 14.3. The van der Waals surface area contributed by atoms with Crippen molar-refractivity contribution in [3.05, 3.63) is 11.6 Å². The molecule has 0 radical (unpaired) electrons. The third-order valence-corrected chi connectivity index (χ3v) is 13.2. The first-order valence-corrected chi connectivity index (χ1v) is 14.3. The van der Waals surface area contributed by atoms with Crippen molar-refractivity contribution in [2.45, 2.75) is 99.8 Å². The van der Waals surface area contributed by atoms with Gasteiger partial charge in [0, 0.05) is 11.3 Å². The van der Waals surface area contributed by atoms with Crippen LogP contribution in [0.1, 0.15) is 99.8 Å². The largest absolute Gasteiger partial charge is 0.469 e. The standard InChI is InChI=1S/C32H45NO4/c1-27(2)22-9-10-31(6)23(30(22,5)16-19(18-33)25(27)35)15-21(34)24-20-17-29(4,26(36)37-8)12-11-28(20,3)13-14-32(24,31)7/h15,19-20,22,24H,9-14,16-17H2,1-8H3/t19?,20-,22?,24-,28+,29-,30-,31+,32+/m0/s1. The van der Waals surface area contributed by atoms with E-state index in [1.54, 1.807) is 0 Å². The molecule has 37 heavy (non-hydrogen) atoms. The van der Waals surface area contributed by atoms with E-state index in [1.807, 2.05) is 26.8 Å². The minimum atomic E-state index is -0.631. The molecule has 0 saturated heterocycles. The highest BCUT2D eigenvalue weighted by molar-refractivity contribution is 5.96. The maximum absolute atomic E-state index is 14.3. The first-order chi connectivity index (χ1) is 17.0. The van der Waals surface area contributed by atoms with Crippen LogP contribution in [-0.4, -0.2) is 24.6 Å². The maximum atomic E-state index is 14.3. The highest BCUT2D eigenvalue weighted by Gasteiger charge is 2.70. The Morgan fingerprint density at radius 3 is 2.24 bits per heavy atom. The summed E-state index contributed by atoms with van der Waals surface area (Å²) in [6, 6.07) is 2.31. The van der Waals surface area contributed by atoms with Crippen LogP contribution in [-0.2, 0) is 19.1 Å². The number of allylic oxidation sites excluding steroid dienone is 2. The Morgan fingerprint density at radius 2 is 1.62 bits per heavy atom. The molecule has 0 aromatic heterocycles. The Morgan fingerprint density at radius 1 is 0.973 bits per heavy atom. The molecule has 5 aliphatic rings. The molecule has 5 rings (SSSR count). The summed E-state index contributed by atoms with van der Waals surface area (Å²) in [5.74, 6) is -0.403. The van der Waals surface area contributed by atoms with Crippen LogP contribution in [0.15, 0.2) is 11.6 Å². The summed E-state index contributed by atoms with van der Waals surface area (Å²) < 4.78 is 5.23. The van der Waals surface area contributed by atoms with Gasteiger partial charge in [-0.3, -0.25) is 14.4 Å². The summed E-state index contributed by atoms with van der Waals surface area (Å²) in [6.07, 6.45) is 8.84. The Balaban J connectivity index is 1.63. The summed E-state index contributed by atoms with van der Waals surface area (Å²) in [6.45, 7) is 15.3. The number of carbonyl (C=O) groups is 3. The Hall–Kier alpha value is -1.96. The Bertz CT molecular complexity index is 1150. The van der Waals surface area contributed by atoms with Gasteiger partial charge in [-0.05, 0) is 97.9 Å². The van der Waals surface area contributed by atoms with Crippen LogP contribution in [0.25, 0.3) is 0 Å². The molecule has 0 aliphatic heterocycles. The maximum Gasteiger partial charge on any atom is 0.311 e. The summed E-state index contributed by atoms with van der Waals surface area (Å²) in [4.78, 5) is 40.5. The number of methoxy groups -OCH3 is 1. The van der Waals surface area contributed by atoms with Gasteiger partial charge in [-0.2, -0.15) is 5.26 Å². The Kier molecular flexibility index (Phi) is 5.61. The molecule has 0 bridgehead atoms. The summed E-state index contributed by atoms with van der Waals surface area (Å²) in [5.41, 5.74) is -0.686. The monoisotopic (exact) mass is 507 g/mol. The minimum absolute atomic E-state index is 0.0430. The smallest absolute Gasteiger partial charge is 0.311 e. The number of hydrogen-bond acceptors (Lipinski definition) is 5. The molecule has 0 amide bonds. The van der Waals surface area contributed by atoms with Gasteiger partial charge in [0.2, 0.25) is 0 Å². The number of hydrogen-bond donors (Lipinski definition) is 0. The zero-order valence-corrected chi connectivity index (χ0v) is 24.1. The van der Waals surface area contributed by atoms with Crippen molar-refractivity contribution in [2.24, 2.45) is 56.2 Å². The SMILES string of the molecule is COC(=O)[C@@]1(C)CC[C@]2(C)CC[C@]3(C)[C@H](C(=O)C=C4[C@@]5(C)CC(C#N)C(=O)C(C)(C)C5CC[C@]43C)[C@@H]2C1. The summed E-state index contributed by atoms with van der Waals surface area (Å²) in [5, 5.41) is 9.93. The van der Waals surface area contributed by atoms with Crippen molar-refractivity contribution in [3.8, 4) is 6.07 Å². The minimum Gasteiger partial charge on any atom is -0.469 e. The third-order valence-electron chi connectivity index (χ3n) is 13.2. The molecule has 0 N–H and O–H groups in total. The predicted molar refractivity (Wildman–Crippen MR) is 141 cm³/mol. The van der Waals surface area contributed by atoms with E-state index in [0.29, 0.717) is 12.8 Å². The van der Waals surface area contributed by atoms with E-state index < -0.39 is 16.7 Å².